The van der Waals surface area contributed by atoms with Crippen molar-refractivity contribution in [3.63, 3.8) is 0 Å². The molecular formula is C14H25N3O4. The summed E-state index contributed by atoms with van der Waals surface area (Å²) in [6.45, 7) is 8.43. The molecule has 2 saturated heterocycles. The number of ether oxygens (including phenoxy) is 1. The largest absolute Gasteiger partial charge is 0.379 e. The lowest BCUT2D eigenvalue weighted by Crippen LogP contribution is -2.57. The summed E-state index contributed by atoms with van der Waals surface area (Å²) in [6, 6.07) is -0.466. The minimum absolute atomic E-state index is 0.0274. The van der Waals surface area contributed by atoms with Crippen LogP contribution in [0.1, 0.15) is 40.5 Å². The predicted molar refractivity (Wildman–Crippen MR) is 77.6 cm³/mol. The zero-order valence-corrected chi connectivity index (χ0v) is 13.4. The van der Waals surface area contributed by atoms with Crippen LogP contribution in [0, 0.1) is 0 Å². The van der Waals surface area contributed by atoms with Crippen molar-refractivity contribution in [3.05, 3.63) is 0 Å². The SMILES string of the molecule is CC1CC2(CCN1C=O)NC(=O)NC2=O.COC(C)(C)C. The molecule has 2 unspecified atom stereocenters. The Labute approximate surface area is 125 Å². The van der Waals surface area contributed by atoms with Gasteiger partial charge in [0.25, 0.3) is 5.91 Å². The smallest absolute Gasteiger partial charge is 0.322 e. The first kappa shape index (κ1) is 17.4. The van der Waals surface area contributed by atoms with Crippen LogP contribution < -0.4 is 10.6 Å². The number of imide groups is 1. The first-order chi connectivity index (χ1) is 9.63. The first-order valence-corrected chi connectivity index (χ1v) is 7.03. The number of amides is 4. The molecule has 2 aliphatic rings. The van der Waals surface area contributed by atoms with Gasteiger partial charge in [-0.1, -0.05) is 0 Å². The Balaban J connectivity index is 0.000000315. The van der Waals surface area contributed by atoms with Crippen LogP contribution in [0.5, 0.6) is 0 Å². The molecule has 1 spiro atoms. The normalized spacial score (nSPS) is 28.6. The van der Waals surface area contributed by atoms with Gasteiger partial charge in [-0.15, -0.1) is 0 Å². The molecule has 2 fully saturated rings. The first-order valence-electron chi connectivity index (χ1n) is 7.03. The standard InChI is InChI=1S/C9H13N3O3.C5H12O/c1-6-4-9(2-3-12(6)5-13)7(14)10-8(15)11-9;1-5(2,3)6-4/h5-6H,2-4H2,1H3,(H2,10,11,14,15);1-4H3. The molecule has 2 heterocycles. The summed E-state index contributed by atoms with van der Waals surface area (Å²) in [5, 5.41) is 4.89. The second-order valence-corrected chi connectivity index (χ2v) is 6.45. The molecule has 2 rings (SSSR count). The monoisotopic (exact) mass is 299 g/mol. The number of nitrogens with one attached hydrogen (secondary N) is 2. The minimum atomic E-state index is -0.796. The van der Waals surface area contributed by atoms with Crippen molar-refractivity contribution in [1.29, 1.82) is 0 Å². The third kappa shape index (κ3) is 4.42. The number of methoxy groups -OCH3 is 1. The number of urea groups is 1. The fraction of sp³-hybridized carbons (Fsp3) is 0.786. The van der Waals surface area contributed by atoms with Gasteiger partial charge in [0.1, 0.15) is 5.54 Å². The van der Waals surface area contributed by atoms with Crippen molar-refractivity contribution in [2.24, 2.45) is 0 Å². The Bertz CT molecular complexity index is 419. The molecule has 21 heavy (non-hydrogen) atoms. The van der Waals surface area contributed by atoms with Crippen LogP contribution in [0.4, 0.5) is 4.79 Å². The van der Waals surface area contributed by atoms with E-state index in [4.69, 9.17) is 4.74 Å². The molecule has 0 saturated carbocycles. The van der Waals surface area contributed by atoms with Crippen LogP contribution in [0.25, 0.3) is 0 Å². The lowest BCUT2D eigenvalue weighted by molar-refractivity contribution is -0.130. The lowest BCUT2D eigenvalue weighted by Gasteiger charge is -2.39. The minimum Gasteiger partial charge on any atom is -0.379 e. The Morgan fingerprint density at radius 1 is 1.38 bits per heavy atom. The van der Waals surface area contributed by atoms with Gasteiger partial charge < -0.3 is 15.0 Å². The van der Waals surface area contributed by atoms with Crippen LogP contribution in [-0.2, 0) is 14.3 Å². The number of piperidine rings is 1. The van der Waals surface area contributed by atoms with Gasteiger partial charge in [0.05, 0.1) is 5.60 Å². The molecular weight excluding hydrogens is 274 g/mol. The Morgan fingerprint density at radius 2 is 1.95 bits per heavy atom. The zero-order chi connectivity index (χ0) is 16.3. The van der Waals surface area contributed by atoms with Gasteiger partial charge in [-0.05, 0) is 40.5 Å². The summed E-state index contributed by atoms with van der Waals surface area (Å²) in [5.74, 6) is -0.273. The highest BCUT2D eigenvalue weighted by Gasteiger charge is 2.49. The van der Waals surface area contributed by atoms with E-state index in [1.807, 2.05) is 27.7 Å². The van der Waals surface area contributed by atoms with Crippen molar-refractivity contribution in [2.75, 3.05) is 13.7 Å². The van der Waals surface area contributed by atoms with Crippen LogP contribution >= 0.6 is 0 Å². The molecule has 7 heteroatoms. The van der Waals surface area contributed by atoms with Crippen LogP contribution in [0.3, 0.4) is 0 Å². The summed E-state index contributed by atoms with van der Waals surface area (Å²) in [6.07, 6.45) is 1.74. The van der Waals surface area contributed by atoms with Crippen LogP contribution in [-0.4, -0.2) is 54.1 Å². The van der Waals surface area contributed by atoms with Crippen molar-refractivity contribution >= 4 is 18.3 Å². The van der Waals surface area contributed by atoms with Gasteiger partial charge in [0.15, 0.2) is 0 Å². The van der Waals surface area contributed by atoms with Crippen molar-refractivity contribution in [2.45, 2.75) is 57.7 Å². The molecule has 4 amide bonds. The van der Waals surface area contributed by atoms with Crippen LogP contribution in [0.15, 0.2) is 0 Å². The second-order valence-electron chi connectivity index (χ2n) is 6.45. The molecule has 2 N–H and O–H groups in total. The Kier molecular flexibility index (Phi) is 5.33. The molecule has 0 aromatic rings. The van der Waals surface area contributed by atoms with Crippen molar-refractivity contribution < 1.29 is 19.1 Å². The van der Waals surface area contributed by atoms with Crippen molar-refractivity contribution in [1.82, 2.24) is 15.5 Å². The van der Waals surface area contributed by atoms with Crippen LogP contribution in [0.2, 0.25) is 0 Å². The highest BCUT2D eigenvalue weighted by molar-refractivity contribution is 6.07. The van der Waals surface area contributed by atoms with Gasteiger partial charge in [-0.25, -0.2) is 4.79 Å². The van der Waals surface area contributed by atoms with Gasteiger partial charge in [-0.3, -0.25) is 14.9 Å². The molecule has 0 aromatic heterocycles. The molecule has 0 bridgehead atoms. The van der Waals surface area contributed by atoms with Gasteiger partial charge in [0, 0.05) is 19.7 Å². The highest BCUT2D eigenvalue weighted by Crippen LogP contribution is 2.28. The maximum absolute atomic E-state index is 11.6. The van der Waals surface area contributed by atoms with Gasteiger partial charge in [0.2, 0.25) is 6.41 Å². The third-order valence-electron chi connectivity index (χ3n) is 3.77. The fourth-order valence-corrected chi connectivity index (χ4v) is 2.27. The number of carbonyl (C=O) groups excluding carboxylic acids is 3. The Hall–Kier alpha value is -1.63. The maximum Gasteiger partial charge on any atom is 0.322 e. The summed E-state index contributed by atoms with van der Waals surface area (Å²) in [5.41, 5.74) is -0.754. The molecule has 0 radical (unpaired) electrons. The Morgan fingerprint density at radius 3 is 2.29 bits per heavy atom. The van der Waals surface area contributed by atoms with Gasteiger partial charge in [-0.2, -0.15) is 0 Å². The van der Waals surface area contributed by atoms with E-state index in [9.17, 15) is 14.4 Å². The quantitative estimate of drug-likeness (QED) is 0.549. The van der Waals surface area contributed by atoms with E-state index in [2.05, 4.69) is 10.6 Å². The number of carbonyl (C=O) groups is 3. The molecule has 7 nitrogen and oxygen atoms in total. The highest BCUT2D eigenvalue weighted by atomic mass is 16.5. The summed E-state index contributed by atoms with van der Waals surface area (Å²) in [7, 11) is 1.71. The van der Waals surface area contributed by atoms with E-state index in [-0.39, 0.29) is 17.6 Å². The summed E-state index contributed by atoms with van der Waals surface area (Å²) >= 11 is 0. The van der Waals surface area contributed by atoms with E-state index in [0.29, 0.717) is 19.4 Å². The van der Waals surface area contributed by atoms with Gasteiger partial charge >= 0.3 is 6.03 Å². The predicted octanol–water partition coefficient (Wildman–Crippen LogP) is 0.637. The zero-order valence-electron chi connectivity index (χ0n) is 13.4. The van der Waals surface area contributed by atoms with E-state index in [0.717, 1.165) is 6.41 Å². The number of hydrogen-bond donors (Lipinski definition) is 2. The number of rotatable bonds is 1. The summed E-state index contributed by atoms with van der Waals surface area (Å²) in [4.78, 5) is 35.0. The third-order valence-corrected chi connectivity index (χ3v) is 3.77. The number of likely N-dealkylation sites (tertiary alicyclic amines) is 1. The molecule has 120 valence electrons. The second kappa shape index (κ2) is 6.43. The average molecular weight is 299 g/mol. The molecule has 2 aliphatic heterocycles. The van der Waals surface area contributed by atoms with E-state index >= 15 is 0 Å². The number of hydrogen-bond acceptors (Lipinski definition) is 4. The fourth-order valence-electron chi connectivity index (χ4n) is 2.27. The summed E-state index contributed by atoms with van der Waals surface area (Å²) < 4.78 is 4.94. The lowest BCUT2D eigenvalue weighted by atomic mass is 9.84. The maximum atomic E-state index is 11.6. The molecule has 2 atom stereocenters. The molecule has 0 aliphatic carbocycles. The van der Waals surface area contributed by atoms with Crippen molar-refractivity contribution in [3.8, 4) is 0 Å². The molecule has 0 aromatic carbocycles. The average Bonchev–Trinajstić information content (AvgIpc) is 2.64. The van der Waals surface area contributed by atoms with E-state index < -0.39 is 11.6 Å². The topological polar surface area (TPSA) is 87.7 Å². The number of nitrogens with zero attached hydrogens (tertiary/aromatic N) is 1. The van der Waals surface area contributed by atoms with E-state index in [1.54, 1.807) is 12.0 Å². The van der Waals surface area contributed by atoms with E-state index in [1.165, 1.54) is 0 Å².